The zero-order valence-corrected chi connectivity index (χ0v) is 10.3. The summed E-state index contributed by atoms with van der Waals surface area (Å²) in [7, 11) is 2.07. The van der Waals surface area contributed by atoms with Crippen LogP contribution in [-0.2, 0) is 13.5 Å². The second-order valence-corrected chi connectivity index (χ2v) is 4.36. The Morgan fingerprint density at radius 2 is 1.94 bits per heavy atom. The number of hydrogen-bond donors (Lipinski definition) is 0. The standard InChI is InChI=1S/C14H16N2/c1-9-5-6-13-12(7-8-15)11(3)16(4)14(13)10(9)2/h5-6H,7H2,1-4H3. The largest absolute Gasteiger partial charge is 0.347 e. The Morgan fingerprint density at radius 1 is 1.25 bits per heavy atom. The van der Waals surface area contributed by atoms with E-state index < -0.39 is 0 Å². The molecule has 2 heteroatoms. The maximum Gasteiger partial charge on any atom is 0.0670 e. The minimum Gasteiger partial charge on any atom is -0.347 e. The van der Waals surface area contributed by atoms with E-state index in [1.807, 2.05) is 0 Å². The lowest BCUT2D eigenvalue weighted by Gasteiger charge is -2.05. The fraction of sp³-hybridized carbons (Fsp3) is 0.357. The van der Waals surface area contributed by atoms with Crippen LogP contribution in [-0.4, -0.2) is 4.57 Å². The Hall–Kier alpha value is -1.75. The Labute approximate surface area is 96.1 Å². The summed E-state index contributed by atoms with van der Waals surface area (Å²) in [4.78, 5) is 0. The molecule has 0 bridgehead atoms. The number of aryl methyl sites for hydroxylation is 3. The van der Waals surface area contributed by atoms with Crippen LogP contribution in [0.5, 0.6) is 0 Å². The quantitative estimate of drug-likeness (QED) is 0.713. The van der Waals surface area contributed by atoms with E-state index in [-0.39, 0.29) is 0 Å². The van der Waals surface area contributed by atoms with Crippen molar-refractivity contribution < 1.29 is 0 Å². The summed E-state index contributed by atoms with van der Waals surface area (Å²) in [6.07, 6.45) is 0.492. The highest BCUT2D eigenvalue weighted by molar-refractivity contribution is 5.89. The topological polar surface area (TPSA) is 28.7 Å². The maximum atomic E-state index is 8.88. The molecule has 0 aliphatic heterocycles. The van der Waals surface area contributed by atoms with Crippen molar-refractivity contribution in [1.29, 1.82) is 5.26 Å². The first-order chi connectivity index (χ1) is 7.57. The summed E-state index contributed by atoms with van der Waals surface area (Å²) in [5.74, 6) is 0. The zero-order chi connectivity index (χ0) is 11.9. The molecule has 0 aliphatic carbocycles. The molecule has 0 radical (unpaired) electrons. The van der Waals surface area contributed by atoms with E-state index in [9.17, 15) is 0 Å². The van der Waals surface area contributed by atoms with Crippen LogP contribution in [0.25, 0.3) is 10.9 Å². The Balaban J connectivity index is 2.91. The van der Waals surface area contributed by atoms with Crippen LogP contribution in [0.3, 0.4) is 0 Å². The van der Waals surface area contributed by atoms with Crippen LogP contribution < -0.4 is 0 Å². The molecule has 0 spiro atoms. The highest BCUT2D eigenvalue weighted by Gasteiger charge is 2.13. The second kappa shape index (κ2) is 3.68. The van der Waals surface area contributed by atoms with Gasteiger partial charge in [0.1, 0.15) is 0 Å². The van der Waals surface area contributed by atoms with Crippen LogP contribution in [0, 0.1) is 32.1 Å². The fourth-order valence-electron chi connectivity index (χ4n) is 2.34. The third kappa shape index (κ3) is 1.32. The van der Waals surface area contributed by atoms with Crippen LogP contribution in [0.15, 0.2) is 12.1 Å². The molecule has 1 aromatic carbocycles. The lowest BCUT2D eigenvalue weighted by atomic mass is 10.0. The predicted octanol–water partition coefficient (Wildman–Crippen LogP) is 3.17. The van der Waals surface area contributed by atoms with Crippen molar-refractivity contribution in [1.82, 2.24) is 4.57 Å². The van der Waals surface area contributed by atoms with Crippen molar-refractivity contribution >= 4 is 10.9 Å². The molecule has 0 amide bonds. The summed E-state index contributed by atoms with van der Waals surface area (Å²) in [5, 5.41) is 10.1. The van der Waals surface area contributed by atoms with Crippen molar-refractivity contribution in [2.45, 2.75) is 27.2 Å². The maximum absolute atomic E-state index is 8.88. The molecule has 0 atom stereocenters. The summed E-state index contributed by atoms with van der Waals surface area (Å²) < 4.78 is 2.20. The molecule has 1 heterocycles. The van der Waals surface area contributed by atoms with E-state index in [1.54, 1.807) is 0 Å². The predicted molar refractivity (Wildman–Crippen MR) is 66.4 cm³/mol. The first-order valence-electron chi connectivity index (χ1n) is 5.49. The number of fused-ring (bicyclic) bond motifs is 1. The summed E-state index contributed by atoms with van der Waals surface area (Å²) in [6.45, 7) is 6.36. The monoisotopic (exact) mass is 212 g/mol. The van der Waals surface area contributed by atoms with Gasteiger partial charge in [0.2, 0.25) is 0 Å². The Kier molecular flexibility index (Phi) is 2.47. The first-order valence-corrected chi connectivity index (χ1v) is 5.49. The van der Waals surface area contributed by atoms with E-state index in [2.05, 4.69) is 50.6 Å². The minimum absolute atomic E-state index is 0.492. The van der Waals surface area contributed by atoms with Gasteiger partial charge < -0.3 is 4.57 Å². The van der Waals surface area contributed by atoms with Gasteiger partial charge in [-0.2, -0.15) is 5.26 Å². The zero-order valence-electron chi connectivity index (χ0n) is 10.3. The Bertz CT molecular complexity index is 597. The number of rotatable bonds is 1. The van der Waals surface area contributed by atoms with Crippen molar-refractivity contribution in [2.75, 3.05) is 0 Å². The van der Waals surface area contributed by atoms with Gasteiger partial charge in [0.25, 0.3) is 0 Å². The second-order valence-electron chi connectivity index (χ2n) is 4.36. The molecule has 16 heavy (non-hydrogen) atoms. The first kappa shape index (κ1) is 10.8. The summed E-state index contributed by atoms with van der Waals surface area (Å²) in [6, 6.07) is 6.52. The average molecular weight is 212 g/mol. The van der Waals surface area contributed by atoms with Gasteiger partial charge in [0.05, 0.1) is 18.0 Å². The van der Waals surface area contributed by atoms with Gasteiger partial charge in [0.15, 0.2) is 0 Å². The van der Waals surface area contributed by atoms with Crippen LogP contribution in [0.1, 0.15) is 22.4 Å². The highest BCUT2D eigenvalue weighted by atomic mass is 14.9. The molecular weight excluding hydrogens is 196 g/mol. The van der Waals surface area contributed by atoms with Crippen LogP contribution >= 0.6 is 0 Å². The molecule has 0 N–H and O–H groups in total. The lowest BCUT2D eigenvalue weighted by Crippen LogP contribution is -1.94. The average Bonchev–Trinajstić information content (AvgIpc) is 2.50. The van der Waals surface area contributed by atoms with Gasteiger partial charge in [0, 0.05) is 18.1 Å². The van der Waals surface area contributed by atoms with Gasteiger partial charge in [-0.15, -0.1) is 0 Å². The van der Waals surface area contributed by atoms with Gasteiger partial charge in [-0.25, -0.2) is 0 Å². The molecule has 2 aromatic rings. The number of hydrogen-bond acceptors (Lipinski definition) is 1. The third-order valence-electron chi connectivity index (χ3n) is 3.56. The summed E-state index contributed by atoms with van der Waals surface area (Å²) >= 11 is 0. The molecule has 2 nitrogen and oxygen atoms in total. The van der Waals surface area contributed by atoms with Crippen LogP contribution in [0.2, 0.25) is 0 Å². The van der Waals surface area contributed by atoms with Gasteiger partial charge >= 0.3 is 0 Å². The van der Waals surface area contributed by atoms with E-state index in [4.69, 9.17) is 5.26 Å². The molecule has 0 saturated carbocycles. The molecule has 1 aromatic heterocycles. The summed E-state index contributed by atoms with van der Waals surface area (Å²) in [5.41, 5.74) is 6.25. The normalized spacial score (nSPS) is 10.7. The molecule has 0 unspecified atom stereocenters. The number of benzene rings is 1. The number of nitrogens with zero attached hydrogens (tertiary/aromatic N) is 2. The van der Waals surface area contributed by atoms with Crippen molar-refractivity contribution in [3.8, 4) is 6.07 Å². The van der Waals surface area contributed by atoms with Crippen molar-refractivity contribution in [3.63, 3.8) is 0 Å². The SMILES string of the molecule is Cc1ccc2c(CC#N)c(C)n(C)c2c1C. The molecule has 0 saturated heterocycles. The van der Waals surface area contributed by atoms with Gasteiger partial charge in [-0.05, 0) is 37.5 Å². The van der Waals surface area contributed by atoms with Crippen LogP contribution in [0.4, 0.5) is 0 Å². The number of nitriles is 1. The molecule has 2 rings (SSSR count). The minimum atomic E-state index is 0.492. The third-order valence-corrected chi connectivity index (χ3v) is 3.56. The number of aromatic nitrogens is 1. The van der Waals surface area contributed by atoms with E-state index in [0.29, 0.717) is 6.42 Å². The smallest absolute Gasteiger partial charge is 0.0670 e. The Morgan fingerprint density at radius 3 is 2.56 bits per heavy atom. The molecule has 82 valence electrons. The van der Waals surface area contributed by atoms with Crippen molar-refractivity contribution in [3.05, 3.63) is 34.5 Å². The van der Waals surface area contributed by atoms with E-state index >= 15 is 0 Å². The van der Waals surface area contributed by atoms with E-state index in [0.717, 1.165) is 0 Å². The fourth-order valence-corrected chi connectivity index (χ4v) is 2.34. The molecule has 0 aliphatic rings. The molecular formula is C14H16N2. The highest BCUT2D eigenvalue weighted by Crippen LogP contribution is 2.29. The molecule has 0 fully saturated rings. The lowest BCUT2D eigenvalue weighted by molar-refractivity contribution is 0.901. The van der Waals surface area contributed by atoms with E-state index in [1.165, 1.54) is 33.3 Å². The van der Waals surface area contributed by atoms with Gasteiger partial charge in [-0.3, -0.25) is 0 Å². The van der Waals surface area contributed by atoms with Crippen molar-refractivity contribution in [2.24, 2.45) is 7.05 Å². The van der Waals surface area contributed by atoms with Gasteiger partial charge in [-0.1, -0.05) is 12.1 Å².